The highest BCUT2D eigenvalue weighted by atomic mass is 35.5. The van der Waals surface area contributed by atoms with E-state index in [0.717, 1.165) is 4.90 Å². The molecular formula is C17H15ClF3N7O3. The lowest BCUT2D eigenvalue weighted by atomic mass is 10.2. The Kier molecular flexibility index (Phi) is 5.43. The summed E-state index contributed by atoms with van der Waals surface area (Å²) in [5.74, 6) is -0.259. The van der Waals surface area contributed by atoms with Crippen LogP contribution in [-0.2, 0) is 0 Å². The minimum atomic E-state index is -4.71. The SMILES string of the molecule is COc1cncc2c1OC(C(F)(F)F)CN2C(=O)NC1=C[C@@H](Cl)C(n2nccn2)N=C1. The zero-order valence-corrected chi connectivity index (χ0v) is 16.6. The Bertz CT molecular complexity index is 1030. The maximum Gasteiger partial charge on any atom is 0.427 e. The summed E-state index contributed by atoms with van der Waals surface area (Å²) in [5, 5.41) is 9.74. The average molecular weight is 458 g/mol. The molecule has 0 spiro atoms. The number of aliphatic imine (C=N–C) groups is 1. The average Bonchev–Trinajstić information content (AvgIpc) is 3.26. The Balaban J connectivity index is 1.57. The third-order valence-corrected chi connectivity index (χ3v) is 4.84. The first-order chi connectivity index (χ1) is 14.8. The molecule has 0 fully saturated rings. The molecule has 164 valence electrons. The van der Waals surface area contributed by atoms with E-state index in [4.69, 9.17) is 21.1 Å². The van der Waals surface area contributed by atoms with E-state index < -0.39 is 36.4 Å². The van der Waals surface area contributed by atoms with Crippen LogP contribution in [0.3, 0.4) is 0 Å². The van der Waals surface area contributed by atoms with Crippen molar-refractivity contribution in [3.05, 3.63) is 36.6 Å². The van der Waals surface area contributed by atoms with Crippen molar-refractivity contribution in [2.45, 2.75) is 23.8 Å². The molecule has 31 heavy (non-hydrogen) atoms. The number of carbonyl (C=O) groups is 1. The first-order valence-corrected chi connectivity index (χ1v) is 9.30. The van der Waals surface area contributed by atoms with Gasteiger partial charge in [0.15, 0.2) is 17.7 Å². The number of methoxy groups -OCH3 is 1. The van der Waals surface area contributed by atoms with Crippen molar-refractivity contribution in [2.75, 3.05) is 18.6 Å². The molecule has 4 heterocycles. The lowest BCUT2D eigenvalue weighted by Gasteiger charge is -2.35. The van der Waals surface area contributed by atoms with E-state index >= 15 is 0 Å². The van der Waals surface area contributed by atoms with Gasteiger partial charge in [-0.05, 0) is 6.08 Å². The number of alkyl halides is 4. The number of urea groups is 1. The Morgan fingerprint density at radius 3 is 2.71 bits per heavy atom. The third-order valence-electron chi connectivity index (χ3n) is 4.49. The van der Waals surface area contributed by atoms with Gasteiger partial charge in [0.1, 0.15) is 5.69 Å². The molecule has 2 aliphatic heterocycles. The molecule has 14 heteroatoms. The van der Waals surface area contributed by atoms with Crippen LogP contribution in [0, 0.1) is 0 Å². The van der Waals surface area contributed by atoms with Crippen molar-refractivity contribution in [3.8, 4) is 11.5 Å². The summed E-state index contributed by atoms with van der Waals surface area (Å²) >= 11 is 6.29. The minimum Gasteiger partial charge on any atom is -0.491 e. The summed E-state index contributed by atoms with van der Waals surface area (Å²) in [5.41, 5.74) is 0.243. The van der Waals surface area contributed by atoms with Crippen molar-refractivity contribution < 1.29 is 27.4 Å². The number of pyridine rings is 1. The van der Waals surface area contributed by atoms with Crippen molar-refractivity contribution >= 4 is 29.5 Å². The van der Waals surface area contributed by atoms with E-state index in [9.17, 15) is 18.0 Å². The van der Waals surface area contributed by atoms with Crippen molar-refractivity contribution in [1.29, 1.82) is 0 Å². The summed E-state index contributed by atoms with van der Waals surface area (Å²) in [6.07, 6.45) is 0.607. The van der Waals surface area contributed by atoms with Gasteiger partial charge < -0.3 is 14.8 Å². The summed E-state index contributed by atoms with van der Waals surface area (Å²) in [4.78, 5) is 23.1. The minimum absolute atomic E-state index is 0.0296. The molecule has 0 saturated carbocycles. The second-order valence-corrected chi connectivity index (χ2v) is 6.99. The van der Waals surface area contributed by atoms with Gasteiger partial charge in [-0.1, -0.05) is 0 Å². The number of fused-ring (bicyclic) bond motifs is 1. The molecule has 0 radical (unpaired) electrons. The Labute approximate surface area is 178 Å². The second-order valence-electron chi connectivity index (χ2n) is 6.49. The van der Waals surface area contributed by atoms with Crippen LogP contribution in [0.25, 0.3) is 0 Å². The number of aromatic nitrogens is 4. The molecule has 0 aliphatic carbocycles. The number of nitrogens with zero attached hydrogens (tertiary/aromatic N) is 6. The van der Waals surface area contributed by atoms with E-state index in [0.29, 0.717) is 0 Å². The van der Waals surface area contributed by atoms with Gasteiger partial charge in [0.2, 0.25) is 6.10 Å². The number of rotatable bonds is 3. The summed E-state index contributed by atoms with van der Waals surface area (Å²) in [6, 6.07) is -0.842. The third kappa shape index (κ3) is 4.13. The fourth-order valence-corrected chi connectivity index (χ4v) is 3.34. The van der Waals surface area contributed by atoms with E-state index in [-0.39, 0.29) is 22.9 Å². The molecular weight excluding hydrogens is 443 g/mol. The number of carbonyl (C=O) groups excluding carboxylic acids is 1. The molecule has 3 atom stereocenters. The maximum absolute atomic E-state index is 13.4. The van der Waals surface area contributed by atoms with E-state index in [1.54, 1.807) is 0 Å². The number of hydrogen-bond donors (Lipinski definition) is 1. The molecule has 2 amide bonds. The summed E-state index contributed by atoms with van der Waals surface area (Å²) < 4.78 is 50.3. The number of nitrogens with one attached hydrogen (secondary N) is 1. The highest BCUT2D eigenvalue weighted by molar-refractivity contribution is 6.22. The van der Waals surface area contributed by atoms with Crippen LogP contribution in [-0.4, -0.2) is 63.5 Å². The maximum atomic E-state index is 13.4. The van der Waals surface area contributed by atoms with Crippen molar-refractivity contribution in [1.82, 2.24) is 25.3 Å². The van der Waals surface area contributed by atoms with Crippen molar-refractivity contribution in [3.63, 3.8) is 0 Å². The highest BCUT2D eigenvalue weighted by Gasteiger charge is 2.48. The normalized spacial score (nSPS) is 22.9. The van der Waals surface area contributed by atoms with Gasteiger partial charge in [0.25, 0.3) is 0 Å². The molecule has 2 aromatic heterocycles. The van der Waals surface area contributed by atoms with Crippen LogP contribution in [0.1, 0.15) is 6.17 Å². The van der Waals surface area contributed by atoms with Crippen LogP contribution in [0.5, 0.6) is 11.5 Å². The van der Waals surface area contributed by atoms with Crippen LogP contribution >= 0.6 is 11.6 Å². The van der Waals surface area contributed by atoms with Gasteiger partial charge in [-0.2, -0.15) is 28.2 Å². The number of amides is 2. The molecule has 2 unspecified atom stereocenters. The molecule has 0 bridgehead atoms. The fraction of sp³-hybridized carbons (Fsp3) is 0.353. The molecule has 1 N–H and O–H groups in total. The summed E-state index contributed by atoms with van der Waals surface area (Å²) in [7, 11) is 1.26. The number of hydrogen-bond acceptors (Lipinski definition) is 7. The van der Waals surface area contributed by atoms with Gasteiger partial charge in [0.05, 0.1) is 49.5 Å². The number of ether oxygens (including phenoxy) is 2. The van der Waals surface area contributed by atoms with Gasteiger partial charge in [-0.3, -0.25) is 14.9 Å². The Morgan fingerprint density at radius 1 is 1.32 bits per heavy atom. The zero-order valence-electron chi connectivity index (χ0n) is 15.8. The van der Waals surface area contributed by atoms with Crippen LogP contribution in [0.2, 0.25) is 0 Å². The molecule has 4 rings (SSSR count). The molecule has 0 saturated heterocycles. The quantitative estimate of drug-likeness (QED) is 0.709. The zero-order chi connectivity index (χ0) is 22.2. The number of allylic oxidation sites excluding steroid dienone is 1. The topological polar surface area (TPSA) is 107 Å². The van der Waals surface area contributed by atoms with Gasteiger partial charge in [0, 0.05) is 6.21 Å². The first-order valence-electron chi connectivity index (χ1n) is 8.86. The standard InChI is InChI=1S/C17H15ClF3N7O3/c1-30-12-7-22-6-11-14(12)31-13(17(19,20)21)8-27(11)16(29)26-9-4-10(18)15(23-5-9)28-24-2-3-25-28/h2-7,10,13,15H,8H2,1H3,(H,26,29)/t10-,13?,15?/m1/s1. The molecule has 2 aliphatic rings. The predicted octanol–water partition coefficient (Wildman–Crippen LogP) is 2.30. The van der Waals surface area contributed by atoms with Crippen LogP contribution in [0.15, 0.2) is 41.6 Å². The molecule has 2 aromatic rings. The van der Waals surface area contributed by atoms with Gasteiger partial charge in [-0.15, -0.1) is 11.6 Å². The van der Waals surface area contributed by atoms with E-state index in [1.807, 2.05) is 0 Å². The van der Waals surface area contributed by atoms with Crippen molar-refractivity contribution in [2.24, 2.45) is 4.99 Å². The second kappa shape index (κ2) is 8.06. The first kappa shape index (κ1) is 20.9. The number of dihydropyridines is 1. The molecule has 10 nitrogen and oxygen atoms in total. The van der Waals surface area contributed by atoms with Gasteiger partial charge in [-0.25, -0.2) is 4.79 Å². The molecule has 0 aromatic carbocycles. The fourth-order valence-electron chi connectivity index (χ4n) is 3.04. The van der Waals surface area contributed by atoms with E-state index in [1.165, 1.54) is 49.0 Å². The monoisotopic (exact) mass is 457 g/mol. The predicted molar refractivity (Wildman–Crippen MR) is 102 cm³/mol. The summed E-state index contributed by atoms with van der Waals surface area (Å²) in [6.45, 7) is -0.772. The number of halogens is 4. The van der Waals surface area contributed by atoms with Crippen LogP contribution < -0.4 is 19.7 Å². The Morgan fingerprint density at radius 2 is 2.06 bits per heavy atom. The van der Waals surface area contributed by atoms with Gasteiger partial charge >= 0.3 is 12.2 Å². The highest BCUT2D eigenvalue weighted by Crippen LogP contribution is 2.43. The largest absolute Gasteiger partial charge is 0.491 e. The smallest absolute Gasteiger partial charge is 0.427 e. The lowest BCUT2D eigenvalue weighted by molar-refractivity contribution is -0.193. The van der Waals surface area contributed by atoms with E-state index in [2.05, 4.69) is 25.5 Å². The lowest BCUT2D eigenvalue weighted by Crippen LogP contribution is -2.53. The number of anilines is 1. The van der Waals surface area contributed by atoms with Crippen LogP contribution in [0.4, 0.5) is 23.7 Å². The Hall–Kier alpha value is -3.35.